The summed E-state index contributed by atoms with van der Waals surface area (Å²) in [5, 5.41) is 0. The van der Waals surface area contributed by atoms with E-state index in [2.05, 4.69) is 9.97 Å². The van der Waals surface area contributed by atoms with E-state index in [4.69, 9.17) is 0 Å². The number of hydrogen-bond acceptors (Lipinski definition) is 3. The third-order valence-electron chi connectivity index (χ3n) is 2.25. The molecule has 3 heteroatoms. The Morgan fingerprint density at radius 3 is 1.07 bits per heavy atom. The van der Waals surface area contributed by atoms with E-state index in [0.29, 0.717) is 0 Å². The summed E-state index contributed by atoms with van der Waals surface area (Å²) < 4.78 is 0. The van der Waals surface area contributed by atoms with Crippen LogP contribution >= 0.6 is 0 Å². The van der Waals surface area contributed by atoms with E-state index >= 15 is 0 Å². The highest BCUT2D eigenvalue weighted by atomic mass is 14.8. The lowest BCUT2D eigenvalue weighted by Gasteiger charge is -1.98. The fourth-order valence-corrected chi connectivity index (χ4v) is 1.57. The molecule has 15 heavy (non-hydrogen) atoms. The van der Waals surface area contributed by atoms with Crippen LogP contribution in [0.3, 0.4) is 0 Å². The van der Waals surface area contributed by atoms with Crippen molar-refractivity contribution in [1.82, 2.24) is 16.1 Å². The largest absolute Gasteiger partial charge is 0.344 e. The van der Waals surface area contributed by atoms with Gasteiger partial charge in [0.15, 0.2) is 0 Å². The van der Waals surface area contributed by atoms with Crippen LogP contribution in [-0.2, 0) is 0 Å². The van der Waals surface area contributed by atoms with Crippen molar-refractivity contribution >= 4 is 22.1 Å². The minimum Gasteiger partial charge on any atom is -0.344 e. The minimum atomic E-state index is 0. The van der Waals surface area contributed by atoms with Gasteiger partial charge >= 0.3 is 0 Å². The molecule has 0 spiro atoms. The van der Waals surface area contributed by atoms with Crippen molar-refractivity contribution in [1.29, 1.82) is 0 Å². The quantitative estimate of drug-likeness (QED) is 0.563. The maximum atomic E-state index is 4.52. The molecule has 3 nitrogen and oxygen atoms in total. The molecule has 0 aliphatic heterocycles. The number of hydrogen-bond donors (Lipinski definition) is 1. The topological polar surface area (TPSA) is 60.8 Å². The standard InChI is InChI=1S/C12H8N2.H3N/c1-2-6-10-9(5-1)13-11-7-3-4-8-12(11)14-10;/h1-8H;1H3. The molecule has 0 aliphatic carbocycles. The molecule has 0 unspecified atom stereocenters. The van der Waals surface area contributed by atoms with Gasteiger partial charge in [0, 0.05) is 0 Å². The molecule has 0 aliphatic rings. The second kappa shape index (κ2) is 3.63. The second-order valence-electron chi connectivity index (χ2n) is 3.20. The predicted octanol–water partition coefficient (Wildman–Crippen LogP) is 2.95. The zero-order valence-corrected chi connectivity index (χ0v) is 8.22. The molecule has 0 saturated carbocycles. The molecular weight excluding hydrogens is 186 g/mol. The first kappa shape index (κ1) is 9.55. The summed E-state index contributed by atoms with van der Waals surface area (Å²) in [4.78, 5) is 9.03. The third-order valence-corrected chi connectivity index (χ3v) is 2.25. The number of rotatable bonds is 0. The lowest BCUT2D eigenvalue weighted by Crippen LogP contribution is -1.85. The summed E-state index contributed by atoms with van der Waals surface area (Å²) in [5.41, 5.74) is 3.80. The van der Waals surface area contributed by atoms with Crippen LogP contribution in [-0.4, -0.2) is 9.97 Å². The number of fused-ring (bicyclic) bond motifs is 2. The van der Waals surface area contributed by atoms with Crippen molar-refractivity contribution < 1.29 is 0 Å². The van der Waals surface area contributed by atoms with E-state index in [1.165, 1.54) is 0 Å². The molecule has 0 bridgehead atoms. The average molecular weight is 197 g/mol. The summed E-state index contributed by atoms with van der Waals surface area (Å²) >= 11 is 0. The Balaban J connectivity index is 0.000000853. The molecule has 74 valence electrons. The molecule has 0 radical (unpaired) electrons. The van der Waals surface area contributed by atoms with E-state index in [1.807, 2.05) is 48.5 Å². The Morgan fingerprint density at radius 2 is 0.800 bits per heavy atom. The van der Waals surface area contributed by atoms with Crippen LogP contribution in [0.25, 0.3) is 22.1 Å². The molecule has 0 atom stereocenters. The maximum absolute atomic E-state index is 4.52. The SMILES string of the molecule is N.c1ccc2nc3ccccc3nc2c1. The van der Waals surface area contributed by atoms with Crippen molar-refractivity contribution in [2.45, 2.75) is 0 Å². The number of para-hydroxylation sites is 4. The Kier molecular flexibility index (Phi) is 2.31. The van der Waals surface area contributed by atoms with Crippen molar-refractivity contribution in [2.24, 2.45) is 0 Å². The highest BCUT2D eigenvalue weighted by Gasteiger charge is 1.98. The van der Waals surface area contributed by atoms with Crippen LogP contribution in [0, 0.1) is 0 Å². The van der Waals surface area contributed by atoms with Gasteiger partial charge in [-0.05, 0) is 24.3 Å². The molecule has 1 heterocycles. The van der Waals surface area contributed by atoms with Crippen LogP contribution in [0.4, 0.5) is 0 Å². The zero-order chi connectivity index (χ0) is 9.38. The lowest BCUT2D eigenvalue weighted by atomic mass is 10.2. The van der Waals surface area contributed by atoms with Gasteiger partial charge < -0.3 is 6.15 Å². The first-order valence-corrected chi connectivity index (χ1v) is 4.55. The molecule has 3 aromatic rings. The average Bonchev–Trinajstić information content (AvgIpc) is 2.26. The highest BCUT2D eigenvalue weighted by Crippen LogP contribution is 2.14. The predicted molar refractivity (Wildman–Crippen MR) is 62.1 cm³/mol. The van der Waals surface area contributed by atoms with E-state index in [9.17, 15) is 0 Å². The van der Waals surface area contributed by atoms with Crippen LogP contribution in [0.5, 0.6) is 0 Å². The van der Waals surface area contributed by atoms with Crippen molar-refractivity contribution in [2.75, 3.05) is 0 Å². The van der Waals surface area contributed by atoms with Crippen LogP contribution in [0.1, 0.15) is 0 Å². The van der Waals surface area contributed by atoms with E-state index < -0.39 is 0 Å². The summed E-state index contributed by atoms with van der Waals surface area (Å²) in [7, 11) is 0. The van der Waals surface area contributed by atoms with Gasteiger partial charge in [0.05, 0.1) is 22.1 Å². The Labute approximate surface area is 87.4 Å². The zero-order valence-electron chi connectivity index (χ0n) is 8.22. The van der Waals surface area contributed by atoms with Crippen LogP contribution in [0.2, 0.25) is 0 Å². The molecule has 3 rings (SSSR count). The smallest absolute Gasteiger partial charge is 0.0894 e. The second-order valence-corrected chi connectivity index (χ2v) is 3.20. The van der Waals surface area contributed by atoms with Gasteiger partial charge in [-0.25, -0.2) is 9.97 Å². The third kappa shape index (κ3) is 1.53. The monoisotopic (exact) mass is 197 g/mol. The van der Waals surface area contributed by atoms with Crippen molar-refractivity contribution in [3.63, 3.8) is 0 Å². The normalized spacial score (nSPS) is 10.1. The summed E-state index contributed by atoms with van der Waals surface area (Å²) in [6, 6.07) is 15.8. The van der Waals surface area contributed by atoms with Gasteiger partial charge in [0.1, 0.15) is 0 Å². The Bertz CT molecular complexity index is 500. The van der Waals surface area contributed by atoms with E-state index in [1.54, 1.807) is 0 Å². The fraction of sp³-hybridized carbons (Fsp3) is 0. The van der Waals surface area contributed by atoms with E-state index in [0.717, 1.165) is 22.1 Å². The Morgan fingerprint density at radius 1 is 0.533 bits per heavy atom. The van der Waals surface area contributed by atoms with Crippen LogP contribution < -0.4 is 6.15 Å². The van der Waals surface area contributed by atoms with Gasteiger partial charge in [0.2, 0.25) is 0 Å². The molecule has 2 aromatic carbocycles. The summed E-state index contributed by atoms with van der Waals surface area (Å²) in [5.74, 6) is 0. The number of nitrogens with zero attached hydrogens (tertiary/aromatic N) is 2. The van der Waals surface area contributed by atoms with Crippen molar-refractivity contribution in [3.8, 4) is 0 Å². The van der Waals surface area contributed by atoms with Gasteiger partial charge in [-0.1, -0.05) is 24.3 Å². The molecule has 3 N–H and O–H groups in total. The summed E-state index contributed by atoms with van der Waals surface area (Å²) in [6.07, 6.45) is 0. The first-order valence-electron chi connectivity index (χ1n) is 4.55. The number of benzene rings is 2. The minimum absolute atomic E-state index is 0. The fourth-order valence-electron chi connectivity index (χ4n) is 1.57. The van der Waals surface area contributed by atoms with Gasteiger partial charge in [-0.2, -0.15) is 0 Å². The first-order chi connectivity index (χ1) is 6.93. The molecule has 0 saturated heterocycles. The Hall–Kier alpha value is -2.00. The molecule has 0 fully saturated rings. The number of aromatic nitrogens is 2. The molecule has 0 amide bonds. The van der Waals surface area contributed by atoms with Gasteiger partial charge in [0.25, 0.3) is 0 Å². The highest BCUT2D eigenvalue weighted by molar-refractivity contribution is 5.85. The maximum Gasteiger partial charge on any atom is 0.0894 e. The van der Waals surface area contributed by atoms with Gasteiger partial charge in [-0.15, -0.1) is 0 Å². The van der Waals surface area contributed by atoms with Crippen molar-refractivity contribution in [3.05, 3.63) is 48.5 Å². The van der Waals surface area contributed by atoms with Gasteiger partial charge in [-0.3, -0.25) is 0 Å². The molecular formula is C12H11N3. The molecule has 1 aromatic heterocycles. The van der Waals surface area contributed by atoms with E-state index in [-0.39, 0.29) is 6.15 Å². The lowest BCUT2D eigenvalue weighted by molar-refractivity contribution is 1.39. The summed E-state index contributed by atoms with van der Waals surface area (Å²) in [6.45, 7) is 0. The van der Waals surface area contributed by atoms with Crippen LogP contribution in [0.15, 0.2) is 48.5 Å².